The second-order valence-corrected chi connectivity index (χ2v) is 10.3. The largest absolute Gasteiger partial charge is 0.461 e. The standard InChI is InChI=1S/C30H45N3O7/c1-23(34)12-16-32(17-13-24(2)35)20-28(21-33(18-14-25(3)36)19-15-26(4)37)31-29(38)10-11-30(39)40-22-27-8-6-5-7-9-27/h5-9,28H,10-22H2,1-4H3,(H,31,38). The van der Waals surface area contributed by atoms with Crippen molar-refractivity contribution in [1.82, 2.24) is 15.1 Å². The third-order valence-corrected chi connectivity index (χ3v) is 6.24. The zero-order chi connectivity index (χ0) is 29.9. The predicted octanol–water partition coefficient (Wildman–Crippen LogP) is 2.52. The van der Waals surface area contributed by atoms with Gasteiger partial charge in [-0.1, -0.05) is 30.3 Å². The van der Waals surface area contributed by atoms with E-state index < -0.39 is 12.0 Å². The van der Waals surface area contributed by atoms with E-state index >= 15 is 0 Å². The van der Waals surface area contributed by atoms with Crippen molar-refractivity contribution in [2.24, 2.45) is 0 Å². The van der Waals surface area contributed by atoms with E-state index in [0.29, 0.717) is 65.0 Å². The Bertz CT molecular complexity index is 903. The first-order valence-corrected chi connectivity index (χ1v) is 13.9. The first kappa shape index (κ1) is 34.8. The fraction of sp³-hybridized carbons (Fsp3) is 0.600. The molecule has 0 aromatic heterocycles. The highest BCUT2D eigenvalue weighted by Gasteiger charge is 2.22. The van der Waals surface area contributed by atoms with E-state index in [-0.39, 0.29) is 48.5 Å². The summed E-state index contributed by atoms with van der Waals surface area (Å²) in [5.41, 5.74) is 0.854. The van der Waals surface area contributed by atoms with E-state index in [4.69, 9.17) is 4.74 Å². The highest BCUT2D eigenvalue weighted by molar-refractivity contribution is 5.81. The van der Waals surface area contributed by atoms with Crippen LogP contribution in [0.2, 0.25) is 0 Å². The molecule has 1 rings (SSSR count). The molecule has 1 amide bonds. The number of hydrogen-bond acceptors (Lipinski definition) is 9. The number of rotatable bonds is 22. The average Bonchev–Trinajstić information content (AvgIpc) is 2.89. The maximum atomic E-state index is 12.9. The van der Waals surface area contributed by atoms with Crippen LogP contribution in [0, 0.1) is 0 Å². The Morgan fingerprint density at radius 2 is 1.07 bits per heavy atom. The monoisotopic (exact) mass is 559 g/mol. The molecule has 0 bridgehead atoms. The molecule has 0 spiro atoms. The molecule has 10 heteroatoms. The number of esters is 1. The van der Waals surface area contributed by atoms with Crippen LogP contribution in [0.3, 0.4) is 0 Å². The summed E-state index contributed by atoms with van der Waals surface area (Å²) < 4.78 is 5.27. The molecule has 0 radical (unpaired) electrons. The molecule has 0 heterocycles. The molecule has 0 unspecified atom stereocenters. The van der Waals surface area contributed by atoms with Crippen molar-refractivity contribution in [3.63, 3.8) is 0 Å². The minimum absolute atomic E-state index is 0.0203. The number of hydrogen-bond donors (Lipinski definition) is 1. The van der Waals surface area contributed by atoms with Gasteiger partial charge in [0.05, 0.1) is 12.5 Å². The van der Waals surface area contributed by atoms with Crippen molar-refractivity contribution in [2.75, 3.05) is 39.3 Å². The molecule has 0 aliphatic rings. The summed E-state index contributed by atoms with van der Waals surface area (Å²) in [7, 11) is 0. The number of carbonyl (C=O) groups excluding carboxylic acids is 6. The van der Waals surface area contributed by atoms with E-state index in [1.54, 1.807) is 0 Å². The molecule has 1 aromatic rings. The van der Waals surface area contributed by atoms with Crippen molar-refractivity contribution in [3.05, 3.63) is 35.9 Å². The summed E-state index contributed by atoms with van der Waals surface area (Å²) in [5.74, 6) is -0.736. The summed E-state index contributed by atoms with van der Waals surface area (Å²) in [5, 5.41) is 2.99. The van der Waals surface area contributed by atoms with Gasteiger partial charge >= 0.3 is 5.97 Å². The molecule has 1 aromatic carbocycles. The number of ketones is 4. The maximum Gasteiger partial charge on any atom is 0.306 e. The Balaban J connectivity index is 2.90. The third kappa shape index (κ3) is 18.1. The van der Waals surface area contributed by atoms with Crippen molar-refractivity contribution < 1.29 is 33.5 Å². The fourth-order valence-corrected chi connectivity index (χ4v) is 3.95. The van der Waals surface area contributed by atoms with Gasteiger partial charge in [0.15, 0.2) is 0 Å². The van der Waals surface area contributed by atoms with Gasteiger partial charge in [-0.05, 0) is 33.3 Å². The van der Waals surface area contributed by atoms with Crippen LogP contribution in [0.4, 0.5) is 0 Å². The normalized spacial score (nSPS) is 11.1. The summed E-state index contributed by atoms with van der Waals surface area (Å²) >= 11 is 0. The maximum absolute atomic E-state index is 12.9. The number of benzene rings is 1. The van der Waals surface area contributed by atoms with E-state index in [1.807, 2.05) is 40.1 Å². The molecule has 0 aliphatic heterocycles. The molecule has 0 saturated heterocycles. The Labute approximate surface area is 237 Å². The topological polar surface area (TPSA) is 130 Å². The van der Waals surface area contributed by atoms with Gasteiger partial charge in [-0.15, -0.1) is 0 Å². The van der Waals surface area contributed by atoms with E-state index in [0.717, 1.165) is 5.56 Å². The molecule has 40 heavy (non-hydrogen) atoms. The quantitative estimate of drug-likeness (QED) is 0.213. The van der Waals surface area contributed by atoms with Gasteiger partial charge < -0.3 is 19.9 Å². The number of amides is 1. The van der Waals surface area contributed by atoms with Gasteiger partial charge in [-0.2, -0.15) is 0 Å². The number of nitrogens with one attached hydrogen (secondary N) is 1. The molecular formula is C30H45N3O7. The van der Waals surface area contributed by atoms with Crippen LogP contribution >= 0.6 is 0 Å². The zero-order valence-corrected chi connectivity index (χ0v) is 24.4. The van der Waals surface area contributed by atoms with Crippen molar-refractivity contribution >= 4 is 35.0 Å². The molecule has 0 saturated carbocycles. The second-order valence-electron chi connectivity index (χ2n) is 10.3. The van der Waals surface area contributed by atoms with Crippen molar-refractivity contribution in [1.29, 1.82) is 0 Å². The van der Waals surface area contributed by atoms with Gasteiger partial charge in [0, 0.05) is 71.4 Å². The fourth-order valence-electron chi connectivity index (χ4n) is 3.95. The Morgan fingerprint density at radius 3 is 1.48 bits per heavy atom. The lowest BCUT2D eigenvalue weighted by atomic mass is 10.1. The molecule has 10 nitrogen and oxygen atoms in total. The van der Waals surface area contributed by atoms with Crippen LogP contribution in [-0.4, -0.2) is 90.1 Å². The lowest BCUT2D eigenvalue weighted by Crippen LogP contribution is -2.51. The van der Waals surface area contributed by atoms with Crippen LogP contribution in [0.5, 0.6) is 0 Å². The average molecular weight is 560 g/mol. The minimum atomic E-state index is -0.482. The van der Waals surface area contributed by atoms with Crippen LogP contribution < -0.4 is 5.32 Å². The second kappa shape index (κ2) is 19.8. The Hall–Kier alpha value is -3.24. The zero-order valence-electron chi connectivity index (χ0n) is 24.4. The molecule has 0 atom stereocenters. The summed E-state index contributed by atoms with van der Waals surface area (Å²) in [6.07, 6.45) is 1.09. The number of carbonyl (C=O) groups is 6. The number of nitrogens with zero attached hydrogens (tertiary/aromatic N) is 2. The molecular weight excluding hydrogens is 514 g/mol. The van der Waals surface area contributed by atoms with Crippen molar-refractivity contribution in [2.45, 2.75) is 78.9 Å². The summed E-state index contributed by atoms with van der Waals surface area (Å²) in [4.78, 5) is 75.6. The van der Waals surface area contributed by atoms with Gasteiger partial charge in [-0.3, -0.25) is 28.8 Å². The minimum Gasteiger partial charge on any atom is -0.461 e. The highest BCUT2D eigenvalue weighted by atomic mass is 16.5. The van der Waals surface area contributed by atoms with Crippen LogP contribution in [-0.2, 0) is 40.1 Å². The highest BCUT2D eigenvalue weighted by Crippen LogP contribution is 2.06. The van der Waals surface area contributed by atoms with E-state index in [9.17, 15) is 28.8 Å². The summed E-state index contributed by atoms with van der Waals surface area (Å²) in [6.45, 7) is 8.60. The number of Topliss-reactive ketones (excluding diaryl/α,β-unsaturated/α-hetero) is 4. The lowest BCUT2D eigenvalue weighted by molar-refractivity contribution is -0.146. The molecule has 0 fully saturated rings. The first-order chi connectivity index (χ1) is 18.9. The van der Waals surface area contributed by atoms with Gasteiger partial charge in [0.25, 0.3) is 0 Å². The lowest BCUT2D eigenvalue weighted by Gasteiger charge is -2.32. The smallest absolute Gasteiger partial charge is 0.306 e. The van der Waals surface area contributed by atoms with Gasteiger partial charge in [0.1, 0.15) is 29.7 Å². The molecule has 222 valence electrons. The van der Waals surface area contributed by atoms with Crippen LogP contribution in [0.15, 0.2) is 30.3 Å². The summed E-state index contributed by atoms with van der Waals surface area (Å²) in [6, 6.07) is 8.84. The number of ether oxygens (including phenoxy) is 1. The molecule has 0 aliphatic carbocycles. The van der Waals surface area contributed by atoms with Crippen LogP contribution in [0.1, 0.15) is 71.8 Å². The van der Waals surface area contributed by atoms with Gasteiger partial charge in [0.2, 0.25) is 5.91 Å². The van der Waals surface area contributed by atoms with E-state index in [1.165, 1.54) is 27.7 Å². The molecule has 1 N–H and O–H groups in total. The SMILES string of the molecule is CC(=O)CCN(CCC(C)=O)CC(CN(CCC(C)=O)CCC(C)=O)NC(=O)CCC(=O)OCc1ccccc1. The Kier molecular flexibility index (Phi) is 17.2. The van der Waals surface area contributed by atoms with E-state index in [2.05, 4.69) is 5.32 Å². The van der Waals surface area contributed by atoms with Crippen LogP contribution in [0.25, 0.3) is 0 Å². The predicted molar refractivity (Wildman–Crippen MR) is 151 cm³/mol. The van der Waals surface area contributed by atoms with Gasteiger partial charge in [-0.25, -0.2) is 0 Å². The van der Waals surface area contributed by atoms with Crippen molar-refractivity contribution in [3.8, 4) is 0 Å². The third-order valence-electron chi connectivity index (χ3n) is 6.24. The Morgan fingerprint density at radius 1 is 0.650 bits per heavy atom. The first-order valence-electron chi connectivity index (χ1n) is 13.9.